The van der Waals surface area contributed by atoms with E-state index in [1.54, 1.807) is 44.3 Å². The Bertz CT molecular complexity index is 1270. The van der Waals surface area contributed by atoms with E-state index in [1.807, 2.05) is 53.1 Å². The van der Waals surface area contributed by atoms with E-state index in [9.17, 15) is 9.90 Å². The Morgan fingerprint density at radius 3 is 2.38 bits per heavy atom. The molecular weight excluding hydrogens is 428 g/mol. The second-order valence-electron chi connectivity index (χ2n) is 7.80. The molecule has 6 nitrogen and oxygen atoms in total. The normalized spacial score (nSPS) is 11.4. The number of aromatic nitrogens is 2. The minimum absolute atomic E-state index is 0.254. The summed E-state index contributed by atoms with van der Waals surface area (Å²) in [6.45, 7) is 3.37. The predicted molar refractivity (Wildman–Crippen MR) is 123 cm³/mol. The Balaban J connectivity index is 1.75. The van der Waals surface area contributed by atoms with Crippen molar-refractivity contribution in [1.82, 2.24) is 9.55 Å². The average molecular weight is 449 g/mol. The van der Waals surface area contributed by atoms with E-state index < -0.39 is 11.8 Å². The molecule has 3 aromatic carbocycles. The SMILES string of the molecule is CC(C)(O)c1cn(-c2ccc(-c3cccc(OC(=O)O)c3)cc2)c(-c2ccccc2Cl)n1. The lowest BCUT2D eigenvalue weighted by Crippen LogP contribution is -2.15. The van der Waals surface area contributed by atoms with Crippen LogP contribution in [0.2, 0.25) is 5.02 Å². The Morgan fingerprint density at radius 1 is 1.00 bits per heavy atom. The van der Waals surface area contributed by atoms with E-state index >= 15 is 0 Å². The van der Waals surface area contributed by atoms with Crippen molar-refractivity contribution < 1.29 is 19.7 Å². The predicted octanol–water partition coefficient (Wildman–Crippen LogP) is 6.14. The molecule has 7 heteroatoms. The van der Waals surface area contributed by atoms with Crippen molar-refractivity contribution in [3.63, 3.8) is 0 Å². The van der Waals surface area contributed by atoms with E-state index in [-0.39, 0.29) is 5.75 Å². The molecule has 0 unspecified atom stereocenters. The third-order valence-corrected chi connectivity index (χ3v) is 5.30. The molecule has 0 saturated carbocycles. The van der Waals surface area contributed by atoms with Crippen LogP contribution in [0.3, 0.4) is 0 Å². The van der Waals surface area contributed by atoms with Crippen LogP contribution in [0.1, 0.15) is 19.5 Å². The first kappa shape index (κ1) is 21.6. The molecule has 0 aliphatic carbocycles. The number of carbonyl (C=O) groups is 1. The molecule has 2 N–H and O–H groups in total. The number of ether oxygens (including phenoxy) is 1. The molecule has 0 radical (unpaired) electrons. The van der Waals surface area contributed by atoms with Crippen molar-refractivity contribution >= 4 is 17.8 Å². The van der Waals surface area contributed by atoms with Gasteiger partial charge in [0, 0.05) is 17.4 Å². The molecule has 4 rings (SSSR count). The van der Waals surface area contributed by atoms with Crippen LogP contribution in [0.5, 0.6) is 5.75 Å². The highest BCUT2D eigenvalue weighted by Crippen LogP contribution is 2.32. The summed E-state index contributed by atoms with van der Waals surface area (Å²) >= 11 is 6.43. The van der Waals surface area contributed by atoms with Crippen molar-refractivity contribution in [3.8, 4) is 34.0 Å². The van der Waals surface area contributed by atoms with Gasteiger partial charge in [-0.3, -0.25) is 4.57 Å². The molecule has 1 heterocycles. The molecule has 0 amide bonds. The third-order valence-electron chi connectivity index (χ3n) is 4.97. The topological polar surface area (TPSA) is 84.6 Å². The van der Waals surface area contributed by atoms with Crippen LogP contribution in [0.15, 0.2) is 79.0 Å². The first-order chi connectivity index (χ1) is 15.2. The van der Waals surface area contributed by atoms with E-state index in [1.165, 1.54) is 0 Å². The van der Waals surface area contributed by atoms with Gasteiger partial charge in [0.25, 0.3) is 0 Å². The maximum Gasteiger partial charge on any atom is 0.511 e. The van der Waals surface area contributed by atoms with E-state index in [2.05, 4.69) is 4.98 Å². The molecule has 0 fully saturated rings. The first-order valence-corrected chi connectivity index (χ1v) is 10.3. The van der Waals surface area contributed by atoms with Gasteiger partial charge in [-0.15, -0.1) is 0 Å². The van der Waals surface area contributed by atoms with Gasteiger partial charge >= 0.3 is 6.16 Å². The Hall–Kier alpha value is -3.61. The quantitative estimate of drug-likeness (QED) is 0.283. The number of rotatable bonds is 5. The fourth-order valence-corrected chi connectivity index (χ4v) is 3.58. The van der Waals surface area contributed by atoms with Crippen LogP contribution in [0, 0.1) is 0 Å². The summed E-state index contributed by atoms with van der Waals surface area (Å²) in [7, 11) is 0. The average Bonchev–Trinajstić information content (AvgIpc) is 3.20. The fraction of sp³-hybridized carbons (Fsp3) is 0.120. The van der Waals surface area contributed by atoms with Crippen molar-refractivity contribution in [3.05, 3.63) is 89.7 Å². The zero-order valence-corrected chi connectivity index (χ0v) is 18.2. The fourth-order valence-electron chi connectivity index (χ4n) is 3.36. The highest BCUT2D eigenvalue weighted by Gasteiger charge is 2.23. The number of imidazole rings is 1. The lowest BCUT2D eigenvalue weighted by atomic mass is 10.0. The lowest BCUT2D eigenvalue weighted by Gasteiger charge is -2.13. The van der Waals surface area contributed by atoms with Crippen molar-refractivity contribution in [2.24, 2.45) is 0 Å². The summed E-state index contributed by atoms with van der Waals surface area (Å²) in [6, 6.07) is 22.0. The molecular formula is C25H21ClN2O4. The van der Waals surface area contributed by atoms with Gasteiger partial charge in [-0.2, -0.15) is 0 Å². The van der Waals surface area contributed by atoms with Gasteiger partial charge in [0.05, 0.1) is 10.7 Å². The first-order valence-electron chi connectivity index (χ1n) is 9.91. The molecule has 1 aromatic heterocycles. The van der Waals surface area contributed by atoms with Crippen LogP contribution in [0.25, 0.3) is 28.2 Å². The van der Waals surface area contributed by atoms with Crippen LogP contribution in [0.4, 0.5) is 4.79 Å². The standard InChI is InChI=1S/C25H21ClN2O4/c1-25(2,31)22-15-28(23(27-22)20-8-3-4-9-21(20)26)18-12-10-16(11-13-18)17-6-5-7-19(14-17)32-24(29)30/h3-15,31H,1-2H3,(H,29,30). The molecule has 0 aliphatic heterocycles. The molecule has 0 spiro atoms. The number of carboxylic acid groups (broad SMARTS) is 1. The van der Waals surface area contributed by atoms with E-state index in [4.69, 9.17) is 21.4 Å². The van der Waals surface area contributed by atoms with Crippen molar-refractivity contribution in [2.45, 2.75) is 19.4 Å². The monoisotopic (exact) mass is 448 g/mol. The number of halogens is 1. The van der Waals surface area contributed by atoms with E-state index in [0.29, 0.717) is 16.5 Å². The van der Waals surface area contributed by atoms with Crippen LogP contribution in [-0.4, -0.2) is 25.9 Å². The van der Waals surface area contributed by atoms with Gasteiger partial charge in [0.2, 0.25) is 0 Å². The van der Waals surface area contributed by atoms with Crippen molar-refractivity contribution in [2.75, 3.05) is 0 Å². The highest BCUT2D eigenvalue weighted by molar-refractivity contribution is 6.33. The zero-order chi connectivity index (χ0) is 22.9. The second kappa shape index (κ2) is 8.49. The van der Waals surface area contributed by atoms with E-state index in [0.717, 1.165) is 22.4 Å². The molecule has 0 bridgehead atoms. The maximum atomic E-state index is 10.8. The molecule has 4 aromatic rings. The number of benzene rings is 3. The molecule has 0 saturated heterocycles. The zero-order valence-electron chi connectivity index (χ0n) is 17.5. The molecule has 0 atom stereocenters. The Labute approximate surface area is 190 Å². The number of aliphatic hydroxyl groups is 1. The van der Waals surface area contributed by atoms with Crippen LogP contribution in [-0.2, 0) is 5.60 Å². The van der Waals surface area contributed by atoms with Crippen LogP contribution >= 0.6 is 11.6 Å². The highest BCUT2D eigenvalue weighted by atomic mass is 35.5. The smallest absolute Gasteiger partial charge is 0.449 e. The summed E-state index contributed by atoms with van der Waals surface area (Å²) in [5, 5.41) is 19.9. The molecule has 162 valence electrons. The van der Waals surface area contributed by atoms with Gasteiger partial charge in [0.1, 0.15) is 17.2 Å². The summed E-state index contributed by atoms with van der Waals surface area (Å²) in [4.78, 5) is 15.5. The largest absolute Gasteiger partial charge is 0.511 e. The van der Waals surface area contributed by atoms with Gasteiger partial charge in [0.15, 0.2) is 0 Å². The Kier molecular flexibility index (Phi) is 5.74. The van der Waals surface area contributed by atoms with Gasteiger partial charge in [-0.1, -0.05) is 48.0 Å². The summed E-state index contributed by atoms with van der Waals surface area (Å²) in [6.07, 6.45) is 0.446. The van der Waals surface area contributed by atoms with Gasteiger partial charge in [-0.05, 0) is 61.4 Å². The van der Waals surface area contributed by atoms with Gasteiger partial charge < -0.3 is 14.9 Å². The number of nitrogens with zero attached hydrogens (tertiary/aromatic N) is 2. The van der Waals surface area contributed by atoms with Crippen LogP contribution < -0.4 is 4.74 Å². The summed E-state index contributed by atoms with van der Waals surface area (Å²) in [5.41, 5.74) is 2.72. The lowest BCUT2D eigenvalue weighted by molar-refractivity contribution is 0.0743. The molecule has 0 aliphatic rings. The maximum absolute atomic E-state index is 10.8. The summed E-state index contributed by atoms with van der Waals surface area (Å²) < 4.78 is 6.64. The Morgan fingerprint density at radius 2 is 1.72 bits per heavy atom. The minimum Gasteiger partial charge on any atom is -0.449 e. The minimum atomic E-state index is -1.35. The molecule has 32 heavy (non-hydrogen) atoms. The van der Waals surface area contributed by atoms with Crippen molar-refractivity contribution in [1.29, 1.82) is 0 Å². The van der Waals surface area contributed by atoms with Gasteiger partial charge in [-0.25, -0.2) is 9.78 Å². The second-order valence-corrected chi connectivity index (χ2v) is 8.21. The number of hydrogen-bond donors (Lipinski definition) is 2. The summed E-state index contributed by atoms with van der Waals surface area (Å²) in [5.74, 6) is 0.877. The third kappa shape index (κ3) is 4.51. The number of hydrogen-bond acceptors (Lipinski definition) is 4.